The Labute approximate surface area is 283 Å². The molecule has 1 fully saturated rings. The molecule has 1 aromatic heterocycles. The smallest absolute Gasteiger partial charge is 0.244 e. The van der Waals surface area contributed by atoms with Crippen LogP contribution in [0.4, 0.5) is 14.5 Å². The van der Waals surface area contributed by atoms with Crippen molar-refractivity contribution in [3.05, 3.63) is 125 Å². The van der Waals surface area contributed by atoms with E-state index in [-0.39, 0.29) is 35.4 Å². The molecule has 1 saturated carbocycles. The van der Waals surface area contributed by atoms with E-state index in [0.29, 0.717) is 12.3 Å². The van der Waals surface area contributed by atoms with Crippen molar-refractivity contribution in [1.82, 2.24) is 10.5 Å². The number of nitrogens with zero attached hydrogens (tertiary/aromatic N) is 2. The van der Waals surface area contributed by atoms with Crippen LogP contribution in [-0.4, -0.2) is 10.9 Å². The SMILES string of the molecule is CC.CC.CC.Cc1cccc(CN(C(=O)C2CC2c2ccc(F)cc2)c2ccc3c(c2)[C@H](NOSOc2ccc(F)cc2)CC3)n1. The summed E-state index contributed by atoms with van der Waals surface area (Å²) in [6.45, 7) is 14.3. The van der Waals surface area contributed by atoms with Crippen LogP contribution in [0.3, 0.4) is 0 Å². The van der Waals surface area contributed by atoms with Gasteiger partial charge >= 0.3 is 0 Å². The fraction of sp³-hybridized carbons (Fsp3) is 0.368. The van der Waals surface area contributed by atoms with Gasteiger partial charge in [-0.05, 0) is 109 Å². The molecule has 3 aromatic carbocycles. The van der Waals surface area contributed by atoms with Gasteiger partial charge in [-0.3, -0.25) is 9.78 Å². The molecule has 2 aliphatic rings. The summed E-state index contributed by atoms with van der Waals surface area (Å²) in [5.41, 5.74) is 8.79. The number of carbonyl (C=O) groups is 1. The van der Waals surface area contributed by atoms with E-state index in [4.69, 9.17) is 8.47 Å². The summed E-state index contributed by atoms with van der Waals surface area (Å²) < 4.78 is 37.5. The number of hydrogen-bond donors (Lipinski definition) is 1. The number of benzene rings is 3. The minimum absolute atomic E-state index is 0.0320. The third-order valence-corrected chi connectivity index (χ3v) is 8.05. The number of pyridine rings is 1. The number of nitrogens with one attached hydrogen (secondary N) is 1. The highest BCUT2D eigenvalue weighted by Crippen LogP contribution is 2.49. The Bertz CT molecular complexity index is 1540. The number of hydroxylamine groups is 1. The fourth-order valence-electron chi connectivity index (χ4n) is 5.40. The van der Waals surface area contributed by atoms with Gasteiger partial charge in [0.05, 0.1) is 18.3 Å². The second-order valence-corrected chi connectivity index (χ2v) is 10.9. The molecule has 4 aromatic rings. The lowest BCUT2D eigenvalue weighted by atomic mass is 10.1. The summed E-state index contributed by atoms with van der Waals surface area (Å²) in [5, 5.41) is 0. The van der Waals surface area contributed by atoms with E-state index in [2.05, 4.69) is 22.6 Å². The van der Waals surface area contributed by atoms with Gasteiger partial charge in [0.1, 0.15) is 17.4 Å². The largest absolute Gasteiger partial charge is 0.399 e. The van der Waals surface area contributed by atoms with Gasteiger partial charge < -0.3 is 9.08 Å². The van der Waals surface area contributed by atoms with Crippen LogP contribution in [0.15, 0.2) is 84.9 Å². The second-order valence-electron chi connectivity index (χ2n) is 10.5. The summed E-state index contributed by atoms with van der Waals surface area (Å²) in [5.74, 6) is -0.203. The predicted octanol–water partition coefficient (Wildman–Crippen LogP) is 10.2. The summed E-state index contributed by atoms with van der Waals surface area (Å²) in [6.07, 6.45) is 2.44. The number of fused-ring (bicyclic) bond motifs is 1. The number of aryl methyl sites for hydroxylation is 2. The van der Waals surface area contributed by atoms with Crippen LogP contribution >= 0.6 is 12.3 Å². The molecule has 2 aliphatic carbocycles. The molecule has 0 aliphatic heterocycles. The van der Waals surface area contributed by atoms with Gasteiger partial charge in [0, 0.05) is 17.3 Å². The summed E-state index contributed by atoms with van der Waals surface area (Å²) in [4.78, 5) is 20.4. The Morgan fingerprint density at radius 1 is 0.915 bits per heavy atom. The van der Waals surface area contributed by atoms with Crippen LogP contribution in [0.5, 0.6) is 5.75 Å². The summed E-state index contributed by atoms with van der Waals surface area (Å²) in [7, 11) is 0. The molecule has 3 atom stereocenters. The molecule has 2 unspecified atom stereocenters. The maximum Gasteiger partial charge on any atom is 0.244 e. The minimum atomic E-state index is -0.335. The van der Waals surface area contributed by atoms with Crippen LogP contribution in [-0.2, 0) is 22.0 Å². The van der Waals surface area contributed by atoms with E-state index >= 15 is 0 Å². The molecular weight excluding hydrogens is 616 g/mol. The third kappa shape index (κ3) is 10.3. The average molecular weight is 664 g/mol. The first-order chi connectivity index (χ1) is 22.9. The Morgan fingerprint density at radius 3 is 2.23 bits per heavy atom. The van der Waals surface area contributed by atoms with Gasteiger partial charge in [-0.25, -0.2) is 8.78 Å². The van der Waals surface area contributed by atoms with E-state index in [1.807, 2.05) is 77.6 Å². The third-order valence-electron chi connectivity index (χ3n) is 7.63. The number of hydrogen-bond acceptors (Lipinski definition) is 6. The zero-order valence-electron chi connectivity index (χ0n) is 28.4. The van der Waals surface area contributed by atoms with Crippen molar-refractivity contribution >= 4 is 23.9 Å². The molecule has 6 rings (SSSR count). The van der Waals surface area contributed by atoms with Crippen LogP contribution in [0, 0.1) is 24.5 Å². The number of aromatic nitrogens is 1. The van der Waals surface area contributed by atoms with Gasteiger partial charge in [0.2, 0.25) is 18.2 Å². The maximum absolute atomic E-state index is 13.9. The monoisotopic (exact) mass is 663 g/mol. The van der Waals surface area contributed by atoms with E-state index in [1.54, 1.807) is 12.1 Å². The van der Waals surface area contributed by atoms with Crippen LogP contribution < -0.4 is 14.6 Å². The molecule has 1 heterocycles. The first kappa shape index (κ1) is 37.7. The molecule has 0 spiro atoms. The van der Waals surface area contributed by atoms with E-state index in [0.717, 1.165) is 59.8 Å². The van der Waals surface area contributed by atoms with Crippen molar-refractivity contribution in [1.29, 1.82) is 0 Å². The quantitative estimate of drug-likeness (QED) is 0.104. The highest BCUT2D eigenvalue weighted by molar-refractivity contribution is 7.90. The molecule has 9 heteroatoms. The normalized spacial score (nSPS) is 17.0. The van der Waals surface area contributed by atoms with Gasteiger partial charge in [0.25, 0.3) is 0 Å². The lowest BCUT2D eigenvalue weighted by Gasteiger charge is -2.24. The van der Waals surface area contributed by atoms with Crippen molar-refractivity contribution in [3.63, 3.8) is 0 Å². The van der Waals surface area contributed by atoms with E-state index in [1.165, 1.54) is 42.0 Å². The lowest BCUT2D eigenvalue weighted by Crippen LogP contribution is -2.32. The van der Waals surface area contributed by atoms with Crippen molar-refractivity contribution in [2.45, 2.75) is 86.2 Å². The van der Waals surface area contributed by atoms with Crippen LogP contribution in [0.1, 0.15) is 94.4 Å². The number of halogens is 2. The lowest BCUT2D eigenvalue weighted by molar-refractivity contribution is -0.120. The average Bonchev–Trinajstić information content (AvgIpc) is 3.82. The zero-order valence-corrected chi connectivity index (χ0v) is 29.2. The Kier molecular flexibility index (Phi) is 15.3. The van der Waals surface area contributed by atoms with Gasteiger partial charge in [-0.1, -0.05) is 65.8 Å². The van der Waals surface area contributed by atoms with Crippen molar-refractivity contribution in [2.24, 2.45) is 5.92 Å². The zero-order chi connectivity index (χ0) is 34.3. The van der Waals surface area contributed by atoms with Gasteiger partial charge in [-0.15, -0.1) is 0 Å². The Hall–Kier alpha value is -3.79. The highest BCUT2D eigenvalue weighted by atomic mass is 32.2. The molecule has 0 bridgehead atoms. The minimum Gasteiger partial charge on any atom is -0.399 e. The van der Waals surface area contributed by atoms with Crippen LogP contribution in [0.25, 0.3) is 0 Å². The standard InChI is InChI=1S/C32H29F2N3O3S.3C2H6/c1-20-3-2-4-25(35-20)19-37(32(38)30-18-28(30)21-5-9-23(33)10-6-21)26-13-7-22-8-16-31(29(22)17-26)36-40-41-39-27-14-11-24(34)12-15-27;3*1-2/h2-7,9-15,17,28,30-31,36H,8,16,18-19H2,1H3;3*1-2H3/t28?,30?,31-;;;/m1.../s1. The first-order valence-corrected chi connectivity index (χ1v) is 17.2. The van der Waals surface area contributed by atoms with Gasteiger partial charge in [-0.2, -0.15) is 9.76 Å². The van der Waals surface area contributed by atoms with E-state index < -0.39 is 0 Å². The fourth-order valence-corrected chi connectivity index (χ4v) is 5.78. The van der Waals surface area contributed by atoms with Crippen molar-refractivity contribution < 1.29 is 22.0 Å². The summed E-state index contributed by atoms with van der Waals surface area (Å²) in [6, 6.07) is 24.0. The maximum atomic E-state index is 13.9. The predicted molar refractivity (Wildman–Crippen MR) is 188 cm³/mol. The molecule has 1 amide bonds. The molecule has 47 heavy (non-hydrogen) atoms. The first-order valence-electron chi connectivity index (χ1n) is 16.6. The Balaban J connectivity index is 0.000000947. The van der Waals surface area contributed by atoms with E-state index in [9.17, 15) is 13.6 Å². The molecule has 0 saturated heterocycles. The molecule has 0 radical (unpaired) electrons. The molecule has 252 valence electrons. The highest BCUT2D eigenvalue weighted by Gasteiger charge is 2.46. The van der Waals surface area contributed by atoms with Gasteiger partial charge in [0.15, 0.2) is 0 Å². The molecule has 6 nitrogen and oxygen atoms in total. The Morgan fingerprint density at radius 2 is 1.57 bits per heavy atom. The number of rotatable bonds is 10. The van der Waals surface area contributed by atoms with Crippen molar-refractivity contribution in [2.75, 3.05) is 4.90 Å². The number of carbonyl (C=O) groups excluding carboxylic acids is 1. The second kappa shape index (κ2) is 19.1. The summed E-state index contributed by atoms with van der Waals surface area (Å²) >= 11 is 0.774. The molecular formula is C38H47F2N3O3S. The van der Waals surface area contributed by atoms with Crippen molar-refractivity contribution in [3.8, 4) is 5.75 Å². The van der Waals surface area contributed by atoms with Crippen LogP contribution in [0.2, 0.25) is 0 Å². The topological polar surface area (TPSA) is 63.7 Å². The molecule has 1 N–H and O–H groups in total. The number of anilines is 1. The number of amides is 1.